The number of para-hydroxylation sites is 1. The number of likely N-dealkylation sites (N-methyl/N-ethyl adjacent to an activating group) is 1. The number of ether oxygens (including phenoxy) is 1. The zero-order valence-corrected chi connectivity index (χ0v) is 18.5. The smallest absolute Gasteiger partial charge is 0.271 e. The number of hydrogen-bond donors (Lipinski definition) is 1. The molecule has 1 saturated heterocycles. The van der Waals surface area contributed by atoms with Gasteiger partial charge in [0, 0.05) is 37.9 Å². The molecule has 32 heavy (non-hydrogen) atoms. The third kappa shape index (κ3) is 4.37. The number of H-pyrrole nitrogens is 1. The van der Waals surface area contributed by atoms with Crippen LogP contribution in [0.5, 0.6) is 5.75 Å². The number of methoxy groups -OCH3 is 1. The lowest BCUT2D eigenvalue weighted by molar-refractivity contribution is -0.134. The summed E-state index contributed by atoms with van der Waals surface area (Å²) in [7, 11) is 1.66. The van der Waals surface area contributed by atoms with Gasteiger partial charge in [-0.1, -0.05) is 42.5 Å². The number of rotatable bonds is 6. The zero-order chi connectivity index (χ0) is 22.5. The Morgan fingerprint density at radius 2 is 1.84 bits per heavy atom. The quantitative estimate of drug-likeness (QED) is 0.649. The van der Waals surface area contributed by atoms with Crippen molar-refractivity contribution in [3.63, 3.8) is 0 Å². The molecule has 7 heteroatoms. The number of aromatic nitrogens is 2. The van der Waals surface area contributed by atoms with Gasteiger partial charge in [0.1, 0.15) is 11.4 Å². The van der Waals surface area contributed by atoms with Crippen molar-refractivity contribution in [3.8, 4) is 16.9 Å². The van der Waals surface area contributed by atoms with Crippen molar-refractivity contribution < 1.29 is 14.3 Å². The van der Waals surface area contributed by atoms with E-state index >= 15 is 0 Å². The number of aromatic amines is 1. The first-order valence-corrected chi connectivity index (χ1v) is 10.9. The minimum atomic E-state index is -0.333. The average molecular weight is 433 g/mol. The summed E-state index contributed by atoms with van der Waals surface area (Å²) in [6, 6.07) is 17.6. The number of benzene rings is 2. The summed E-state index contributed by atoms with van der Waals surface area (Å²) in [5.74, 6) is 0.414. The number of nitrogens with one attached hydrogen (secondary N) is 1. The second-order valence-electron chi connectivity index (χ2n) is 7.90. The van der Waals surface area contributed by atoms with Crippen molar-refractivity contribution in [1.29, 1.82) is 0 Å². The molecule has 0 aliphatic carbocycles. The minimum Gasteiger partial charge on any atom is -0.496 e. The molecule has 0 unspecified atom stereocenters. The molecule has 2 heterocycles. The molecule has 4 rings (SSSR count). The van der Waals surface area contributed by atoms with Crippen LogP contribution in [0, 0.1) is 5.92 Å². The van der Waals surface area contributed by atoms with Crippen molar-refractivity contribution in [3.05, 3.63) is 72.1 Å². The van der Waals surface area contributed by atoms with Gasteiger partial charge in [-0.2, -0.15) is 5.10 Å². The Hall–Kier alpha value is -3.61. The van der Waals surface area contributed by atoms with E-state index in [1.165, 1.54) is 0 Å². The molecule has 1 N–H and O–H groups in total. The Labute approximate surface area is 188 Å². The molecule has 3 aromatic rings. The molecule has 1 aromatic heterocycles. The van der Waals surface area contributed by atoms with E-state index in [4.69, 9.17) is 4.74 Å². The molecule has 1 aliphatic heterocycles. The predicted octanol–water partition coefficient (Wildman–Crippen LogP) is 3.25. The monoisotopic (exact) mass is 432 g/mol. The summed E-state index contributed by atoms with van der Waals surface area (Å²) in [6.45, 7) is 4.00. The third-order valence-corrected chi connectivity index (χ3v) is 6.02. The highest BCUT2D eigenvalue weighted by Gasteiger charge is 2.33. The molecule has 0 saturated carbocycles. The normalized spacial score (nSPS) is 16.7. The summed E-state index contributed by atoms with van der Waals surface area (Å²) in [4.78, 5) is 29.9. The van der Waals surface area contributed by atoms with Gasteiger partial charge in [0.2, 0.25) is 5.91 Å². The second-order valence-corrected chi connectivity index (χ2v) is 7.90. The van der Waals surface area contributed by atoms with Crippen LogP contribution in [0.2, 0.25) is 0 Å². The van der Waals surface area contributed by atoms with Crippen molar-refractivity contribution in [2.75, 3.05) is 33.3 Å². The van der Waals surface area contributed by atoms with Gasteiger partial charge < -0.3 is 14.5 Å². The van der Waals surface area contributed by atoms with E-state index in [0.29, 0.717) is 38.3 Å². The van der Waals surface area contributed by atoms with Gasteiger partial charge in [-0.3, -0.25) is 14.7 Å². The summed E-state index contributed by atoms with van der Waals surface area (Å²) < 4.78 is 5.57. The molecule has 1 aliphatic rings. The molecule has 2 amide bonds. The summed E-state index contributed by atoms with van der Waals surface area (Å²) in [5.41, 5.74) is 3.53. The zero-order valence-electron chi connectivity index (χ0n) is 18.5. The van der Waals surface area contributed by atoms with E-state index in [2.05, 4.69) is 22.3 Å². The Morgan fingerprint density at radius 3 is 2.56 bits per heavy atom. The van der Waals surface area contributed by atoms with E-state index in [1.54, 1.807) is 24.3 Å². The number of amides is 2. The van der Waals surface area contributed by atoms with Crippen LogP contribution in [0.1, 0.15) is 23.0 Å². The molecule has 0 radical (unpaired) electrons. The maximum absolute atomic E-state index is 13.3. The van der Waals surface area contributed by atoms with Gasteiger partial charge in [-0.25, -0.2) is 0 Å². The number of carbonyl (C=O) groups excluding carboxylic acids is 2. The average Bonchev–Trinajstić information content (AvgIpc) is 3.32. The maximum Gasteiger partial charge on any atom is 0.271 e. The number of nitrogens with zero attached hydrogens (tertiary/aromatic N) is 3. The first-order valence-electron chi connectivity index (χ1n) is 10.9. The van der Waals surface area contributed by atoms with Crippen LogP contribution < -0.4 is 4.74 Å². The largest absolute Gasteiger partial charge is 0.496 e. The Bertz CT molecular complexity index is 1080. The van der Waals surface area contributed by atoms with Crippen LogP contribution in [0.3, 0.4) is 0 Å². The summed E-state index contributed by atoms with van der Waals surface area (Å²) in [6.07, 6.45) is 2.10. The fourth-order valence-electron chi connectivity index (χ4n) is 4.33. The van der Waals surface area contributed by atoms with Crippen LogP contribution in [0.4, 0.5) is 0 Å². The lowest BCUT2D eigenvalue weighted by Crippen LogP contribution is -2.38. The maximum atomic E-state index is 13.3. The van der Waals surface area contributed by atoms with Crippen LogP contribution >= 0.6 is 0 Å². The molecule has 2 aromatic carbocycles. The molecule has 1 atom stereocenters. The first-order chi connectivity index (χ1) is 15.6. The Morgan fingerprint density at radius 1 is 1.09 bits per heavy atom. The Balaban J connectivity index is 1.66. The summed E-state index contributed by atoms with van der Waals surface area (Å²) in [5, 5.41) is 6.64. The SMILES string of the molecule is CCN1CCN(C(=O)c2ccn[nH]2)C[C@H](Cc2ccccc2-c2ccccc2OC)C1=O. The van der Waals surface area contributed by atoms with Crippen molar-refractivity contribution in [2.45, 2.75) is 13.3 Å². The molecule has 1 fully saturated rings. The van der Waals surface area contributed by atoms with Gasteiger partial charge >= 0.3 is 0 Å². The van der Waals surface area contributed by atoms with Crippen molar-refractivity contribution in [2.24, 2.45) is 5.92 Å². The topological polar surface area (TPSA) is 78.5 Å². The highest BCUT2D eigenvalue weighted by atomic mass is 16.5. The molecular formula is C25H28N4O3. The van der Waals surface area contributed by atoms with Crippen LogP contribution in [0.15, 0.2) is 60.8 Å². The van der Waals surface area contributed by atoms with E-state index < -0.39 is 0 Å². The first kappa shape index (κ1) is 21.6. The van der Waals surface area contributed by atoms with Crippen LogP contribution in [0.25, 0.3) is 11.1 Å². The standard InChI is InChI=1S/C25H28N4O3/c1-3-28-14-15-29(25(31)22-12-13-26-27-22)17-19(24(28)30)16-18-8-4-5-9-20(18)21-10-6-7-11-23(21)32-2/h4-13,19H,3,14-17H2,1-2H3,(H,26,27)/t19-/m0/s1. The third-order valence-electron chi connectivity index (χ3n) is 6.02. The van der Waals surface area contributed by atoms with Crippen molar-refractivity contribution >= 4 is 11.8 Å². The van der Waals surface area contributed by atoms with Gasteiger partial charge in [-0.15, -0.1) is 0 Å². The van der Waals surface area contributed by atoms with Crippen LogP contribution in [-0.2, 0) is 11.2 Å². The van der Waals surface area contributed by atoms with Crippen LogP contribution in [-0.4, -0.2) is 65.1 Å². The second kappa shape index (κ2) is 9.68. The highest BCUT2D eigenvalue weighted by molar-refractivity contribution is 5.93. The van der Waals surface area contributed by atoms with E-state index in [-0.39, 0.29) is 17.7 Å². The van der Waals surface area contributed by atoms with Crippen molar-refractivity contribution in [1.82, 2.24) is 20.0 Å². The highest BCUT2D eigenvalue weighted by Crippen LogP contribution is 2.33. The number of carbonyl (C=O) groups is 2. The molecule has 0 bridgehead atoms. The van der Waals surface area contributed by atoms with E-state index in [0.717, 1.165) is 22.4 Å². The molecule has 7 nitrogen and oxygen atoms in total. The van der Waals surface area contributed by atoms with Gasteiger partial charge in [-0.05, 0) is 36.6 Å². The molecule has 166 valence electrons. The van der Waals surface area contributed by atoms with Gasteiger partial charge in [0.05, 0.1) is 13.0 Å². The fourth-order valence-corrected chi connectivity index (χ4v) is 4.33. The van der Waals surface area contributed by atoms with E-state index in [9.17, 15) is 9.59 Å². The van der Waals surface area contributed by atoms with Gasteiger partial charge in [0.25, 0.3) is 5.91 Å². The van der Waals surface area contributed by atoms with Gasteiger partial charge in [0.15, 0.2) is 0 Å². The Kier molecular flexibility index (Phi) is 6.54. The molecular weight excluding hydrogens is 404 g/mol. The molecule has 0 spiro atoms. The van der Waals surface area contributed by atoms with E-state index in [1.807, 2.05) is 48.2 Å². The fraction of sp³-hybridized carbons (Fsp3) is 0.320. The minimum absolute atomic E-state index is 0.0854. The summed E-state index contributed by atoms with van der Waals surface area (Å²) >= 11 is 0. The lowest BCUT2D eigenvalue weighted by atomic mass is 9.91. The number of hydrogen-bond acceptors (Lipinski definition) is 4. The lowest BCUT2D eigenvalue weighted by Gasteiger charge is -2.24. The predicted molar refractivity (Wildman–Crippen MR) is 122 cm³/mol.